The maximum absolute atomic E-state index is 9.49. The van der Waals surface area contributed by atoms with Gasteiger partial charge in [-0.15, -0.1) is 12.4 Å². The van der Waals surface area contributed by atoms with Gasteiger partial charge >= 0.3 is 0 Å². The molecular weight excluding hydrogens is 188 g/mol. The molecule has 2 rings (SSSR count). The Kier molecular flexibility index (Phi) is 2.58. The third-order valence-corrected chi connectivity index (χ3v) is 1.78. The molecule has 0 amide bonds. The molecule has 0 aliphatic rings. The van der Waals surface area contributed by atoms with Crippen LogP contribution in [0.1, 0.15) is 0 Å². The molecule has 0 atom stereocenters. The average Bonchev–Trinajstić information content (AvgIpc) is 2.12. The molecule has 0 saturated carbocycles. The van der Waals surface area contributed by atoms with Gasteiger partial charge in [0.25, 0.3) is 0 Å². The first-order valence-corrected chi connectivity index (χ1v) is 3.61. The van der Waals surface area contributed by atoms with Crippen molar-refractivity contribution in [3.05, 3.63) is 30.5 Å². The van der Waals surface area contributed by atoms with E-state index in [0.717, 1.165) is 5.52 Å². The van der Waals surface area contributed by atoms with Crippen LogP contribution in [-0.2, 0) is 0 Å². The van der Waals surface area contributed by atoms with Gasteiger partial charge in [-0.2, -0.15) is 0 Å². The van der Waals surface area contributed by atoms with Crippen LogP contribution in [0.5, 0.6) is 5.75 Å². The average molecular weight is 197 g/mol. The van der Waals surface area contributed by atoms with Gasteiger partial charge in [0, 0.05) is 5.39 Å². The number of anilines is 1. The van der Waals surface area contributed by atoms with Crippen molar-refractivity contribution in [3.8, 4) is 5.75 Å². The van der Waals surface area contributed by atoms with Gasteiger partial charge in [0.15, 0.2) is 0 Å². The Hall–Kier alpha value is -1.48. The van der Waals surface area contributed by atoms with Crippen molar-refractivity contribution in [1.82, 2.24) is 4.98 Å². The van der Waals surface area contributed by atoms with Crippen LogP contribution < -0.4 is 5.73 Å². The summed E-state index contributed by atoms with van der Waals surface area (Å²) in [6, 6.07) is 7.32. The highest BCUT2D eigenvalue weighted by atomic mass is 35.5. The zero-order valence-corrected chi connectivity index (χ0v) is 7.58. The van der Waals surface area contributed by atoms with E-state index in [4.69, 9.17) is 5.73 Å². The number of nitrogen functional groups attached to an aromatic ring is 1. The number of halogens is 1. The van der Waals surface area contributed by atoms with Crippen molar-refractivity contribution in [2.45, 2.75) is 0 Å². The normalized spacial score (nSPS) is 9.54. The second-order valence-electron chi connectivity index (χ2n) is 2.58. The first-order chi connectivity index (χ1) is 5.79. The monoisotopic (exact) mass is 196 g/mol. The third-order valence-electron chi connectivity index (χ3n) is 1.78. The van der Waals surface area contributed by atoms with Gasteiger partial charge in [-0.1, -0.05) is 12.1 Å². The summed E-state index contributed by atoms with van der Waals surface area (Å²) in [5.41, 5.74) is 6.54. The number of hydrogen-bond donors (Lipinski definition) is 2. The summed E-state index contributed by atoms with van der Waals surface area (Å²) in [5.74, 6) is 0.112. The predicted molar refractivity (Wildman–Crippen MR) is 55.1 cm³/mol. The number of aromatic hydroxyl groups is 1. The smallest absolute Gasteiger partial charge is 0.149 e. The fourth-order valence-electron chi connectivity index (χ4n) is 1.14. The Morgan fingerprint density at radius 2 is 1.92 bits per heavy atom. The van der Waals surface area contributed by atoms with Gasteiger partial charge in [0.1, 0.15) is 5.75 Å². The lowest BCUT2D eigenvalue weighted by atomic mass is 10.2. The van der Waals surface area contributed by atoms with E-state index in [1.54, 1.807) is 6.07 Å². The molecule has 0 aliphatic heterocycles. The van der Waals surface area contributed by atoms with E-state index in [2.05, 4.69) is 4.98 Å². The molecule has 0 radical (unpaired) electrons. The molecular formula is C9H9ClN2O. The number of fused-ring (bicyclic) bond motifs is 1. The number of para-hydroxylation sites is 1. The SMILES string of the molecule is Cl.Nc1cnc2ccccc2c1O. The summed E-state index contributed by atoms with van der Waals surface area (Å²) < 4.78 is 0. The molecule has 0 aliphatic carbocycles. The maximum Gasteiger partial charge on any atom is 0.149 e. The van der Waals surface area contributed by atoms with E-state index in [9.17, 15) is 5.11 Å². The van der Waals surface area contributed by atoms with Crippen LogP contribution in [-0.4, -0.2) is 10.1 Å². The number of aromatic nitrogens is 1. The molecule has 0 saturated heterocycles. The van der Waals surface area contributed by atoms with Gasteiger partial charge in [0.2, 0.25) is 0 Å². The van der Waals surface area contributed by atoms with Crippen LogP contribution in [0, 0.1) is 0 Å². The maximum atomic E-state index is 9.49. The van der Waals surface area contributed by atoms with E-state index in [1.165, 1.54) is 6.20 Å². The molecule has 1 aromatic heterocycles. The van der Waals surface area contributed by atoms with Crippen molar-refractivity contribution in [1.29, 1.82) is 0 Å². The van der Waals surface area contributed by atoms with Crippen LogP contribution in [0.15, 0.2) is 30.5 Å². The molecule has 2 aromatic rings. The lowest BCUT2D eigenvalue weighted by Crippen LogP contribution is -1.88. The van der Waals surface area contributed by atoms with Crippen molar-refractivity contribution in [3.63, 3.8) is 0 Å². The van der Waals surface area contributed by atoms with Crippen molar-refractivity contribution in [2.75, 3.05) is 5.73 Å². The fourth-order valence-corrected chi connectivity index (χ4v) is 1.14. The minimum atomic E-state index is 0. The zero-order chi connectivity index (χ0) is 8.55. The Labute approximate surface area is 81.6 Å². The summed E-state index contributed by atoms with van der Waals surface area (Å²) in [5, 5.41) is 10.2. The van der Waals surface area contributed by atoms with Crippen LogP contribution in [0.25, 0.3) is 10.9 Å². The van der Waals surface area contributed by atoms with E-state index < -0.39 is 0 Å². The molecule has 13 heavy (non-hydrogen) atoms. The number of hydrogen-bond acceptors (Lipinski definition) is 3. The molecule has 0 fully saturated rings. The summed E-state index contributed by atoms with van der Waals surface area (Å²) in [6.45, 7) is 0. The van der Waals surface area contributed by atoms with Gasteiger partial charge < -0.3 is 10.8 Å². The van der Waals surface area contributed by atoms with E-state index in [1.807, 2.05) is 18.2 Å². The Balaban J connectivity index is 0.000000845. The van der Waals surface area contributed by atoms with E-state index in [0.29, 0.717) is 11.1 Å². The van der Waals surface area contributed by atoms with Crippen molar-refractivity contribution >= 4 is 29.0 Å². The molecule has 4 heteroatoms. The van der Waals surface area contributed by atoms with Gasteiger partial charge in [-0.3, -0.25) is 4.98 Å². The first kappa shape index (κ1) is 9.61. The quantitative estimate of drug-likeness (QED) is 0.677. The zero-order valence-electron chi connectivity index (χ0n) is 6.77. The van der Waals surface area contributed by atoms with Crippen LogP contribution in [0.4, 0.5) is 5.69 Å². The number of nitrogens with two attached hydrogens (primary N) is 1. The highest BCUT2D eigenvalue weighted by Gasteiger charge is 2.02. The van der Waals surface area contributed by atoms with Gasteiger partial charge in [0.05, 0.1) is 17.4 Å². The molecule has 3 nitrogen and oxygen atoms in total. The van der Waals surface area contributed by atoms with Crippen molar-refractivity contribution < 1.29 is 5.11 Å². The Morgan fingerprint density at radius 1 is 1.23 bits per heavy atom. The molecule has 1 heterocycles. The second-order valence-corrected chi connectivity index (χ2v) is 2.58. The van der Waals surface area contributed by atoms with E-state index >= 15 is 0 Å². The number of rotatable bonds is 0. The Morgan fingerprint density at radius 3 is 2.69 bits per heavy atom. The highest BCUT2D eigenvalue weighted by molar-refractivity contribution is 5.88. The topological polar surface area (TPSA) is 59.1 Å². The first-order valence-electron chi connectivity index (χ1n) is 3.61. The summed E-state index contributed by atoms with van der Waals surface area (Å²) >= 11 is 0. The standard InChI is InChI=1S/C9H8N2O.ClH/c10-7-5-11-8-4-2-1-3-6(8)9(7)12;/h1-5H,10H2,(H,11,12);1H. The summed E-state index contributed by atoms with van der Waals surface area (Å²) in [7, 11) is 0. The number of pyridine rings is 1. The van der Waals surface area contributed by atoms with Crippen LogP contribution in [0.2, 0.25) is 0 Å². The minimum absolute atomic E-state index is 0. The lowest BCUT2D eigenvalue weighted by molar-refractivity contribution is 0.484. The molecule has 3 N–H and O–H groups in total. The summed E-state index contributed by atoms with van der Waals surface area (Å²) in [6.07, 6.45) is 1.46. The molecule has 0 unspecified atom stereocenters. The van der Waals surface area contributed by atoms with Gasteiger partial charge in [-0.05, 0) is 12.1 Å². The number of nitrogens with zero attached hydrogens (tertiary/aromatic N) is 1. The largest absolute Gasteiger partial charge is 0.505 e. The molecule has 0 spiro atoms. The Bertz CT molecular complexity index is 431. The minimum Gasteiger partial charge on any atom is -0.505 e. The summed E-state index contributed by atoms with van der Waals surface area (Å²) in [4.78, 5) is 4.06. The highest BCUT2D eigenvalue weighted by Crippen LogP contribution is 2.27. The number of benzene rings is 1. The molecule has 1 aromatic carbocycles. The van der Waals surface area contributed by atoms with Crippen LogP contribution in [0.3, 0.4) is 0 Å². The fraction of sp³-hybridized carbons (Fsp3) is 0. The van der Waals surface area contributed by atoms with E-state index in [-0.39, 0.29) is 18.2 Å². The predicted octanol–water partition coefficient (Wildman–Crippen LogP) is 1.94. The van der Waals surface area contributed by atoms with Crippen molar-refractivity contribution in [2.24, 2.45) is 0 Å². The lowest BCUT2D eigenvalue weighted by Gasteiger charge is -2.01. The van der Waals surface area contributed by atoms with Crippen LogP contribution >= 0.6 is 12.4 Å². The third kappa shape index (κ3) is 1.51. The molecule has 68 valence electrons. The second kappa shape index (κ2) is 3.49. The molecule has 0 bridgehead atoms. The van der Waals surface area contributed by atoms with Gasteiger partial charge in [-0.25, -0.2) is 0 Å².